The number of Topliss-reactive ketones (excluding diaryl/α,β-unsaturated/α-hetero) is 1. The first-order valence-electron chi connectivity index (χ1n) is 7.41. The third-order valence-electron chi connectivity index (χ3n) is 3.51. The minimum absolute atomic E-state index is 0.148. The van der Waals surface area contributed by atoms with Gasteiger partial charge in [-0.05, 0) is 6.42 Å². The van der Waals surface area contributed by atoms with Crippen molar-refractivity contribution < 1.29 is 9.53 Å². The summed E-state index contributed by atoms with van der Waals surface area (Å²) in [7, 11) is 1.69. The Morgan fingerprint density at radius 3 is 2.48 bits per heavy atom. The lowest BCUT2D eigenvalue weighted by atomic mass is 9.91. The summed E-state index contributed by atoms with van der Waals surface area (Å²) in [6.07, 6.45) is 2.99. The lowest BCUT2D eigenvalue weighted by molar-refractivity contribution is 0.0888. The SMILES string of the molecule is CCCCC(C(=O)c1ccccc1)C(OC)=C1SCCS1. The van der Waals surface area contributed by atoms with E-state index in [-0.39, 0.29) is 11.7 Å². The van der Waals surface area contributed by atoms with Crippen molar-refractivity contribution in [3.05, 3.63) is 45.9 Å². The smallest absolute Gasteiger partial charge is 0.173 e. The van der Waals surface area contributed by atoms with Gasteiger partial charge in [-0.25, -0.2) is 0 Å². The van der Waals surface area contributed by atoms with Crippen LogP contribution in [0, 0.1) is 5.92 Å². The highest BCUT2D eigenvalue weighted by Crippen LogP contribution is 2.42. The summed E-state index contributed by atoms with van der Waals surface area (Å²) in [5, 5.41) is 0. The molecule has 0 saturated carbocycles. The standard InChI is InChI=1S/C17H22O2S2/c1-3-4-10-14(15(18)13-8-6-5-7-9-13)16(19-2)17-20-11-12-21-17/h5-9,14H,3-4,10-12H2,1-2H3. The van der Waals surface area contributed by atoms with Crippen molar-refractivity contribution >= 4 is 29.3 Å². The molecule has 1 aromatic carbocycles. The van der Waals surface area contributed by atoms with Crippen molar-refractivity contribution in [3.63, 3.8) is 0 Å². The molecule has 1 atom stereocenters. The van der Waals surface area contributed by atoms with E-state index in [4.69, 9.17) is 4.74 Å². The summed E-state index contributed by atoms with van der Waals surface area (Å²) in [4.78, 5) is 12.9. The molecule has 0 bridgehead atoms. The molecule has 0 aliphatic carbocycles. The topological polar surface area (TPSA) is 26.3 Å². The highest BCUT2D eigenvalue weighted by molar-refractivity contribution is 8.25. The molecule has 1 fully saturated rings. The molecule has 1 aliphatic heterocycles. The summed E-state index contributed by atoms with van der Waals surface area (Å²) in [5.74, 6) is 3.12. The maximum absolute atomic E-state index is 12.9. The average molecular weight is 322 g/mol. The number of ketones is 1. The maximum Gasteiger partial charge on any atom is 0.173 e. The lowest BCUT2D eigenvalue weighted by Crippen LogP contribution is -2.19. The Bertz CT molecular complexity index is 489. The first-order chi connectivity index (χ1) is 10.3. The second-order valence-corrected chi connectivity index (χ2v) is 7.45. The fourth-order valence-corrected chi connectivity index (χ4v) is 5.02. The van der Waals surface area contributed by atoms with E-state index in [1.807, 2.05) is 53.9 Å². The monoisotopic (exact) mass is 322 g/mol. The number of ether oxygens (including phenoxy) is 1. The van der Waals surface area contributed by atoms with Gasteiger partial charge in [0.25, 0.3) is 0 Å². The molecule has 21 heavy (non-hydrogen) atoms. The molecule has 1 heterocycles. The van der Waals surface area contributed by atoms with E-state index >= 15 is 0 Å². The Morgan fingerprint density at radius 1 is 1.24 bits per heavy atom. The summed E-state index contributed by atoms with van der Waals surface area (Å²) >= 11 is 3.63. The van der Waals surface area contributed by atoms with Crippen LogP contribution in [0.25, 0.3) is 0 Å². The number of carbonyl (C=O) groups is 1. The highest BCUT2D eigenvalue weighted by Gasteiger charge is 2.29. The molecule has 0 N–H and O–H groups in total. The second-order valence-electron chi connectivity index (χ2n) is 4.98. The summed E-state index contributed by atoms with van der Waals surface area (Å²) in [6, 6.07) is 9.57. The molecule has 0 radical (unpaired) electrons. The average Bonchev–Trinajstić information content (AvgIpc) is 3.05. The summed E-state index contributed by atoms with van der Waals surface area (Å²) in [6.45, 7) is 2.16. The molecule has 2 rings (SSSR count). The molecule has 4 heteroatoms. The first-order valence-corrected chi connectivity index (χ1v) is 9.38. The zero-order valence-electron chi connectivity index (χ0n) is 12.6. The molecule has 0 aromatic heterocycles. The van der Waals surface area contributed by atoms with Crippen LogP contribution in [0.5, 0.6) is 0 Å². The molecule has 1 aliphatic rings. The van der Waals surface area contributed by atoms with Gasteiger partial charge in [0.15, 0.2) is 5.78 Å². The number of unbranched alkanes of at least 4 members (excludes halogenated alkanes) is 1. The molecule has 114 valence electrons. The number of thioether (sulfide) groups is 2. The van der Waals surface area contributed by atoms with E-state index in [0.29, 0.717) is 0 Å². The zero-order chi connectivity index (χ0) is 15.1. The Hall–Kier alpha value is -0.870. The van der Waals surface area contributed by atoms with Crippen LogP contribution in [-0.2, 0) is 4.74 Å². The predicted octanol–water partition coefficient (Wildman–Crippen LogP) is 4.97. The zero-order valence-corrected chi connectivity index (χ0v) is 14.3. The summed E-state index contributed by atoms with van der Waals surface area (Å²) in [5.41, 5.74) is 0.779. The molecule has 1 unspecified atom stereocenters. The van der Waals surface area contributed by atoms with Crippen molar-refractivity contribution in [1.29, 1.82) is 0 Å². The number of hydrogen-bond donors (Lipinski definition) is 0. The van der Waals surface area contributed by atoms with Crippen molar-refractivity contribution in [3.8, 4) is 0 Å². The second kappa shape index (κ2) is 8.54. The molecular formula is C17H22O2S2. The van der Waals surface area contributed by atoms with Gasteiger partial charge >= 0.3 is 0 Å². The van der Waals surface area contributed by atoms with E-state index in [1.165, 1.54) is 4.24 Å². The third kappa shape index (κ3) is 4.30. The van der Waals surface area contributed by atoms with Crippen molar-refractivity contribution in [1.82, 2.24) is 0 Å². The number of hydrogen-bond acceptors (Lipinski definition) is 4. The number of rotatable bonds is 7. The van der Waals surface area contributed by atoms with Gasteiger partial charge < -0.3 is 4.74 Å². The van der Waals surface area contributed by atoms with Gasteiger partial charge in [0.1, 0.15) is 5.76 Å². The van der Waals surface area contributed by atoms with Crippen LogP contribution in [0.2, 0.25) is 0 Å². The molecule has 1 aromatic rings. The van der Waals surface area contributed by atoms with Gasteiger partial charge in [-0.15, -0.1) is 23.5 Å². The van der Waals surface area contributed by atoms with Gasteiger partial charge in [-0.2, -0.15) is 0 Å². The normalized spacial score (nSPS) is 15.8. The molecule has 1 saturated heterocycles. The van der Waals surface area contributed by atoms with Gasteiger partial charge in [-0.1, -0.05) is 50.1 Å². The van der Waals surface area contributed by atoms with E-state index in [0.717, 1.165) is 42.1 Å². The van der Waals surface area contributed by atoms with Crippen LogP contribution in [0.15, 0.2) is 40.3 Å². The van der Waals surface area contributed by atoms with Crippen LogP contribution in [0.4, 0.5) is 0 Å². The van der Waals surface area contributed by atoms with Crippen LogP contribution in [0.3, 0.4) is 0 Å². The first kappa shape index (κ1) is 16.5. The summed E-state index contributed by atoms with van der Waals surface area (Å²) < 4.78 is 6.85. The largest absolute Gasteiger partial charge is 0.499 e. The highest BCUT2D eigenvalue weighted by atomic mass is 32.2. The minimum atomic E-state index is -0.148. The van der Waals surface area contributed by atoms with E-state index in [1.54, 1.807) is 7.11 Å². The Labute approximate surface area is 135 Å². The minimum Gasteiger partial charge on any atom is -0.499 e. The van der Waals surface area contributed by atoms with Gasteiger partial charge in [0.2, 0.25) is 0 Å². The number of benzene rings is 1. The van der Waals surface area contributed by atoms with E-state index < -0.39 is 0 Å². The molecular weight excluding hydrogens is 300 g/mol. The van der Waals surface area contributed by atoms with Crippen LogP contribution in [-0.4, -0.2) is 24.4 Å². The van der Waals surface area contributed by atoms with Crippen molar-refractivity contribution in [2.75, 3.05) is 18.6 Å². The Morgan fingerprint density at radius 2 is 1.90 bits per heavy atom. The number of methoxy groups -OCH3 is 1. The van der Waals surface area contributed by atoms with Crippen LogP contribution in [0.1, 0.15) is 36.5 Å². The Balaban J connectivity index is 2.29. The quantitative estimate of drug-likeness (QED) is 0.523. The third-order valence-corrected chi connectivity index (χ3v) is 6.22. The Kier molecular flexibility index (Phi) is 6.71. The maximum atomic E-state index is 12.9. The number of allylic oxidation sites excluding steroid dienone is 1. The molecule has 2 nitrogen and oxygen atoms in total. The van der Waals surface area contributed by atoms with Crippen LogP contribution < -0.4 is 0 Å². The van der Waals surface area contributed by atoms with E-state index in [2.05, 4.69) is 6.92 Å². The van der Waals surface area contributed by atoms with Gasteiger partial charge in [0.05, 0.1) is 17.3 Å². The number of carbonyl (C=O) groups excluding carboxylic acids is 1. The fourth-order valence-electron chi connectivity index (χ4n) is 2.41. The van der Waals surface area contributed by atoms with E-state index in [9.17, 15) is 4.79 Å². The molecule has 0 spiro atoms. The predicted molar refractivity (Wildman–Crippen MR) is 92.7 cm³/mol. The van der Waals surface area contributed by atoms with Crippen molar-refractivity contribution in [2.24, 2.45) is 5.92 Å². The van der Waals surface area contributed by atoms with Gasteiger partial charge in [0, 0.05) is 17.1 Å². The van der Waals surface area contributed by atoms with Crippen molar-refractivity contribution in [2.45, 2.75) is 26.2 Å². The van der Waals surface area contributed by atoms with Gasteiger partial charge in [-0.3, -0.25) is 4.79 Å². The molecule has 0 amide bonds. The lowest BCUT2D eigenvalue weighted by Gasteiger charge is -2.20. The van der Waals surface area contributed by atoms with Crippen LogP contribution >= 0.6 is 23.5 Å². The fraction of sp³-hybridized carbons (Fsp3) is 0.471.